The van der Waals surface area contributed by atoms with Gasteiger partial charge in [-0.15, -0.1) is 0 Å². The summed E-state index contributed by atoms with van der Waals surface area (Å²) < 4.78 is 0. The maximum atomic E-state index is 12.3. The highest BCUT2D eigenvalue weighted by Crippen LogP contribution is 2.20. The Balaban J connectivity index is 1.63. The van der Waals surface area contributed by atoms with Gasteiger partial charge in [0.15, 0.2) is 0 Å². The van der Waals surface area contributed by atoms with Crippen molar-refractivity contribution in [2.24, 2.45) is 0 Å². The van der Waals surface area contributed by atoms with Crippen LogP contribution < -0.4 is 5.32 Å². The number of hydrogen-bond acceptors (Lipinski definition) is 3. The van der Waals surface area contributed by atoms with Gasteiger partial charge >= 0.3 is 0 Å². The fourth-order valence-electron chi connectivity index (χ4n) is 2.96. The number of aliphatic hydroxyl groups excluding tert-OH is 1. The van der Waals surface area contributed by atoms with Gasteiger partial charge in [0, 0.05) is 20.1 Å². The maximum absolute atomic E-state index is 12.3. The highest BCUT2D eigenvalue weighted by Gasteiger charge is 2.29. The smallest absolute Gasteiger partial charge is 0.239 e. The number of likely N-dealkylation sites (N-methyl/N-ethyl adjacent to an activating group) is 1. The van der Waals surface area contributed by atoms with Crippen LogP contribution in [0.15, 0.2) is 54.6 Å². The molecule has 0 radical (unpaired) electrons. The third kappa shape index (κ3) is 3.78. The molecule has 2 atom stereocenters. The first-order chi connectivity index (χ1) is 11.1. The number of β-amino-alcohol motifs (C(OH)–C–C–N with tert-alkyl or cyclic N) is 1. The first-order valence-corrected chi connectivity index (χ1v) is 7.94. The van der Waals surface area contributed by atoms with Gasteiger partial charge in [0.1, 0.15) is 0 Å². The molecule has 1 aliphatic heterocycles. The molecule has 2 aromatic rings. The van der Waals surface area contributed by atoms with Crippen molar-refractivity contribution < 1.29 is 9.90 Å². The standard InChI is InChI=1S/C19H22N2O2/c1-21(19(23)18-11-17(22)12-20-18)13-14-7-9-16(10-8-14)15-5-3-2-4-6-15/h2-10,17-18,20,22H,11-13H2,1H3/t17-,18+/m0/s1. The van der Waals surface area contributed by atoms with E-state index in [-0.39, 0.29) is 11.9 Å². The highest BCUT2D eigenvalue weighted by atomic mass is 16.3. The summed E-state index contributed by atoms with van der Waals surface area (Å²) in [5, 5.41) is 12.6. The number of amides is 1. The average molecular weight is 310 g/mol. The van der Waals surface area contributed by atoms with Gasteiger partial charge in [-0.3, -0.25) is 4.79 Å². The Bertz CT molecular complexity index is 655. The summed E-state index contributed by atoms with van der Waals surface area (Å²) in [4.78, 5) is 14.1. The maximum Gasteiger partial charge on any atom is 0.239 e. The molecule has 0 aromatic heterocycles. The highest BCUT2D eigenvalue weighted by molar-refractivity contribution is 5.82. The monoisotopic (exact) mass is 310 g/mol. The molecule has 4 nitrogen and oxygen atoms in total. The molecule has 0 bridgehead atoms. The molecule has 4 heteroatoms. The van der Waals surface area contributed by atoms with Crippen LogP contribution >= 0.6 is 0 Å². The zero-order chi connectivity index (χ0) is 16.2. The van der Waals surface area contributed by atoms with Gasteiger partial charge in [0.2, 0.25) is 5.91 Å². The second-order valence-electron chi connectivity index (χ2n) is 6.11. The van der Waals surface area contributed by atoms with E-state index in [4.69, 9.17) is 0 Å². The lowest BCUT2D eigenvalue weighted by molar-refractivity contribution is -0.132. The first kappa shape index (κ1) is 15.7. The predicted octanol–water partition coefficient (Wildman–Crippen LogP) is 2.03. The molecular weight excluding hydrogens is 288 g/mol. The second kappa shape index (κ2) is 6.94. The molecule has 0 spiro atoms. The van der Waals surface area contributed by atoms with Crippen LogP contribution in [0.2, 0.25) is 0 Å². The lowest BCUT2D eigenvalue weighted by atomic mass is 10.0. The van der Waals surface area contributed by atoms with Crippen LogP contribution in [0.25, 0.3) is 11.1 Å². The van der Waals surface area contributed by atoms with E-state index in [1.165, 1.54) is 11.1 Å². The molecule has 0 unspecified atom stereocenters. The summed E-state index contributed by atoms with van der Waals surface area (Å²) in [7, 11) is 1.81. The quantitative estimate of drug-likeness (QED) is 0.908. The SMILES string of the molecule is CN(Cc1ccc(-c2ccccc2)cc1)C(=O)[C@H]1C[C@H](O)CN1. The minimum absolute atomic E-state index is 0.0358. The van der Waals surface area contributed by atoms with Gasteiger partial charge in [0.25, 0.3) is 0 Å². The molecule has 1 fully saturated rings. The fourth-order valence-corrected chi connectivity index (χ4v) is 2.96. The number of carbonyl (C=O) groups excluding carboxylic acids is 1. The van der Waals surface area contributed by atoms with Crippen molar-refractivity contribution in [1.29, 1.82) is 0 Å². The summed E-state index contributed by atoms with van der Waals surface area (Å²) in [6, 6.07) is 18.2. The van der Waals surface area contributed by atoms with Crippen molar-refractivity contribution in [1.82, 2.24) is 10.2 Å². The van der Waals surface area contributed by atoms with Crippen LogP contribution in [0.5, 0.6) is 0 Å². The Hall–Kier alpha value is -2.17. The van der Waals surface area contributed by atoms with E-state index < -0.39 is 6.10 Å². The average Bonchev–Trinajstić information content (AvgIpc) is 3.02. The Morgan fingerprint density at radius 3 is 2.39 bits per heavy atom. The van der Waals surface area contributed by atoms with Crippen molar-refractivity contribution in [3.05, 3.63) is 60.2 Å². The first-order valence-electron chi connectivity index (χ1n) is 7.94. The van der Waals surface area contributed by atoms with Gasteiger partial charge in [-0.2, -0.15) is 0 Å². The lowest BCUT2D eigenvalue weighted by Gasteiger charge is -2.21. The van der Waals surface area contributed by atoms with E-state index in [9.17, 15) is 9.90 Å². The number of nitrogens with zero attached hydrogens (tertiary/aromatic N) is 1. The van der Waals surface area contributed by atoms with Crippen LogP contribution in [0.1, 0.15) is 12.0 Å². The predicted molar refractivity (Wildman–Crippen MR) is 90.8 cm³/mol. The molecule has 120 valence electrons. The normalized spacial score (nSPS) is 20.4. The largest absolute Gasteiger partial charge is 0.392 e. The van der Waals surface area contributed by atoms with Crippen molar-refractivity contribution in [2.75, 3.05) is 13.6 Å². The fraction of sp³-hybridized carbons (Fsp3) is 0.316. The summed E-state index contributed by atoms with van der Waals surface area (Å²) in [5.41, 5.74) is 3.45. The van der Waals surface area contributed by atoms with Gasteiger partial charge in [-0.1, -0.05) is 54.6 Å². The Kier molecular flexibility index (Phi) is 4.74. The minimum atomic E-state index is -0.414. The summed E-state index contributed by atoms with van der Waals surface area (Å²) in [6.07, 6.45) is 0.0818. The van der Waals surface area contributed by atoms with E-state index in [2.05, 4.69) is 41.7 Å². The van der Waals surface area contributed by atoms with Crippen molar-refractivity contribution in [2.45, 2.75) is 25.1 Å². The van der Waals surface area contributed by atoms with E-state index in [0.29, 0.717) is 19.5 Å². The van der Waals surface area contributed by atoms with Gasteiger partial charge in [0.05, 0.1) is 12.1 Å². The van der Waals surface area contributed by atoms with Gasteiger partial charge in [-0.25, -0.2) is 0 Å². The molecule has 1 saturated heterocycles. The Morgan fingerprint density at radius 1 is 1.13 bits per heavy atom. The molecule has 2 N–H and O–H groups in total. The molecule has 2 aromatic carbocycles. The van der Waals surface area contributed by atoms with E-state index in [1.54, 1.807) is 11.9 Å². The van der Waals surface area contributed by atoms with E-state index in [0.717, 1.165) is 5.56 Å². The second-order valence-corrected chi connectivity index (χ2v) is 6.11. The number of carbonyl (C=O) groups is 1. The van der Waals surface area contributed by atoms with E-state index >= 15 is 0 Å². The van der Waals surface area contributed by atoms with E-state index in [1.807, 2.05) is 18.2 Å². The van der Waals surface area contributed by atoms with Crippen molar-refractivity contribution in [3.8, 4) is 11.1 Å². The molecule has 23 heavy (non-hydrogen) atoms. The summed E-state index contributed by atoms with van der Waals surface area (Å²) >= 11 is 0. The Morgan fingerprint density at radius 2 is 1.78 bits per heavy atom. The number of hydrogen-bond donors (Lipinski definition) is 2. The number of aliphatic hydroxyl groups is 1. The van der Waals surface area contributed by atoms with Crippen molar-refractivity contribution in [3.63, 3.8) is 0 Å². The van der Waals surface area contributed by atoms with Gasteiger partial charge < -0.3 is 15.3 Å². The lowest BCUT2D eigenvalue weighted by Crippen LogP contribution is -2.41. The topological polar surface area (TPSA) is 52.6 Å². The zero-order valence-corrected chi connectivity index (χ0v) is 13.3. The zero-order valence-electron chi connectivity index (χ0n) is 13.3. The van der Waals surface area contributed by atoms with Crippen LogP contribution in [0.3, 0.4) is 0 Å². The third-order valence-corrected chi connectivity index (χ3v) is 4.26. The van der Waals surface area contributed by atoms with Crippen LogP contribution in [-0.2, 0) is 11.3 Å². The molecule has 1 amide bonds. The molecule has 1 aliphatic rings. The van der Waals surface area contributed by atoms with Crippen LogP contribution in [0.4, 0.5) is 0 Å². The molecule has 3 rings (SSSR count). The summed E-state index contributed by atoms with van der Waals surface area (Å²) in [6.45, 7) is 1.07. The van der Waals surface area contributed by atoms with Gasteiger partial charge in [-0.05, 0) is 23.1 Å². The Labute approximate surface area is 136 Å². The minimum Gasteiger partial charge on any atom is -0.392 e. The summed E-state index contributed by atoms with van der Waals surface area (Å²) in [5.74, 6) is 0.0358. The molecule has 0 saturated carbocycles. The molecule has 0 aliphatic carbocycles. The van der Waals surface area contributed by atoms with Crippen LogP contribution in [-0.4, -0.2) is 41.7 Å². The molecule has 1 heterocycles. The van der Waals surface area contributed by atoms with Crippen molar-refractivity contribution >= 4 is 5.91 Å². The third-order valence-electron chi connectivity index (χ3n) is 4.26. The molecular formula is C19H22N2O2. The number of benzene rings is 2. The van der Waals surface area contributed by atoms with Crippen LogP contribution in [0, 0.1) is 0 Å². The number of rotatable bonds is 4. The number of nitrogens with one attached hydrogen (secondary N) is 1.